The minimum atomic E-state index is -0.591. The smallest absolute Gasteiger partial charge is 0.407 e. The van der Waals surface area contributed by atoms with Crippen LogP contribution in [0.15, 0.2) is 0 Å². The van der Waals surface area contributed by atoms with E-state index in [-0.39, 0.29) is 13.0 Å². The van der Waals surface area contributed by atoms with Gasteiger partial charge in [0.1, 0.15) is 5.60 Å². The number of methoxy groups -OCH3 is 1. The monoisotopic (exact) mass is 232 g/mol. The molecule has 6 nitrogen and oxygen atoms in total. The molecule has 0 heterocycles. The Morgan fingerprint density at radius 3 is 2.31 bits per heavy atom. The zero-order valence-corrected chi connectivity index (χ0v) is 10.2. The summed E-state index contributed by atoms with van der Waals surface area (Å²) in [6, 6.07) is -0.470. The van der Waals surface area contributed by atoms with Gasteiger partial charge in [0, 0.05) is 6.54 Å². The lowest BCUT2D eigenvalue weighted by atomic mass is 10.2. The van der Waals surface area contributed by atoms with Crippen LogP contribution in [0.5, 0.6) is 0 Å². The molecule has 0 rings (SSSR count). The lowest BCUT2D eigenvalue weighted by Gasteiger charge is -2.22. The van der Waals surface area contributed by atoms with Crippen LogP contribution < -0.4 is 11.1 Å². The maximum atomic E-state index is 11.4. The second-order valence-electron chi connectivity index (χ2n) is 4.36. The lowest BCUT2D eigenvalue weighted by Crippen LogP contribution is -2.44. The molecule has 0 aromatic carbocycles. The number of carbonyl (C=O) groups excluding carboxylic acids is 2. The fourth-order valence-electron chi connectivity index (χ4n) is 0.952. The second kappa shape index (κ2) is 6.32. The topological polar surface area (TPSA) is 90.6 Å². The van der Waals surface area contributed by atoms with Crippen molar-refractivity contribution in [2.75, 3.05) is 13.7 Å². The second-order valence-corrected chi connectivity index (χ2v) is 4.36. The number of alkyl carbamates (subject to hydrolysis) is 1. The highest BCUT2D eigenvalue weighted by molar-refractivity contribution is 5.72. The van der Waals surface area contributed by atoms with Gasteiger partial charge in [0.25, 0.3) is 0 Å². The molecule has 0 spiro atoms. The summed E-state index contributed by atoms with van der Waals surface area (Å²) in [7, 11) is 1.28. The Kier molecular flexibility index (Phi) is 5.81. The fourth-order valence-corrected chi connectivity index (χ4v) is 0.952. The average Bonchev–Trinajstić information content (AvgIpc) is 2.13. The van der Waals surface area contributed by atoms with E-state index in [1.54, 1.807) is 20.8 Å². The SMILES string of the molecule is COC(=O)CC(CN)NC(=O)OC(C)(C)C. The maximum absolute atomic E-state index is 11.4. The van der Waals surface area contributed by atoms with E-state index in [1.165, 1.54) is 7.11 Å². The largest absolute Gasteiger partial charge is 0.469 e. The van der Waals surface area contributed by atoms with Gasteiger partial charge in [0.2, 0.25) is 0 Å². The molecule has 0 saturated heterocycles. The summed E-state index contributed by atoms with van der Waals surface area (Å²) in [5.74, 6) is -0.425. The minimum Gasteiger partial charge on any atom is -0.469 e. The van der Waals surface area contributed by atoms with Gasteiger partial charge in [-0.2, -0.15) is 0 Å². The molecule has 1 amide bonds. The summed E-state index contributed by atoms with van der Waals surface area (Å²) in [5, 5.41) is 2.50. The molecule has 0 radical (unpaired) electrons. The first-order valence-electron chi connectivity index (χ1n) is 5.05. The summed E-state index contributed by atoms with van der Waals surface area (Å²) in [5.41, 5.74) is 4.83. The van der Waals surface area contributed by atoms with Crippen molar-refractivity contribution < 1.29 is 19.1 Å². The molecule has 0 aliphatic heterocycles. The molecular formula is C10H20N2O4. The van der Waals surface area contributed by atoms with E-state index in [0.29, 0.717) is 0 Å². The Labute approximate surface area is 95.5 Å². The minimum absolute atomic E-state index is 0.0340. The summed E-state index contributed by atoms with van der Waals surface area (Å²) in [4.78, 5) is 22.3. The van der Waals surface area contributed by atoms with Gasteiger partial charge in [-0.1, -0.05) is 0 Å². The zero-order chi connectivity index (χ0) is 12.8. The van der Waals surface area contributed by atoms with Crippen molar-refractivity contribution in [3.63, 3.8) is 0 Å². The number of esters is 1. The first-order chi connectivity index (χ1) is 7.28. The number of carbonyl (C=O) groups is 2. The Morgan fingerprint density at radius 2 is 1.94 bits per heavy atom. The molecule has 1 atom stereocenters. The fraction of sp³-hybridized carbons (Fsp3) is 0.800. The third-order valence-electron chi connectivity index (χ3n) is 1.65. The van der Waals surface area contributed by atoms with Gasteiger partial charge in [-0.05, 0) is 20.8 Å². The summed E-state index contributed by atoms with van der Waals surface area (Å²) < 4.78 is 9.51. The maximum Gasteiger partial charge on any atom is 0.407 e. The van der Waals surface area contributed by atoms with Crippen molar-refractivity contribution in [2.24, 2.45) is 5.73 Å². The molecule has 0 fully saturated rings. The van der Waals surface area contributed by atoms with Crippen molar-refractivity contribution in [3.05, 3.63) is 0 Å². The standard InChI is InChI=1S/C10H20N2O4/c1-10(2,3)16-9(14)12-7(6-11)5-8(13)15-4/h7H,5-6,11H2,1-4H3,(H,12,14). The predicted octanol–water partition coefficient (Wildman–Crippen LogP) is 0.401. The van der Waals surface area contributed by atoms with Crippen LogP contribution in [0.25, 0.3) is 0 Å². The first kappa shape index (κ1) is 14.7. The van der Waals surface area contributed by atoms with Crippen LogP contribution in [-0.2, 0) is 14.3 Å². The van der Waals surface area contributed by atoms with Crippen LogP contribution in [0.4, 0.5) is 4.79 Å². The number of ether oxygens (including phenoxy) is 2. The number of hydrogen-bond acceptors (Lipinski definition) is 5. The van der Waals surface area contributed by atoms with Gasteiger partial charge in [0.15, 0.2) is 0 Å². The summed E-state index contributed by atoms with van der Waals surface area (Å²) >= 11 is 0. The van der Waals surface area contributed by atoms with Crippen molar-refractivity contribution >= 4 is 12.1 Å². The van der Waals surface area contributed by atoms with Crippen LogP contribution in [0.2, 0.25) is 0 Å². The molecule has 0 bridgehead atoms. The molecule has 16 heavy (non-hydrogen) atoms. The summed E-state index contributed by atoms with van der Waals surface area (Å²) in [6.45, 7) is 5.41. The van der Waals surface area contributed by atoms with E-state index in [0.717, 1.165) is 0 Å². The van der Waals surface area contributed by atoms with Crippen molar-refractivity contribution in [1.29, 1.82) is 0 Å². The molecule has 0 aromatic rings. The molecule has 94 valence electrons. The number of hydrogen-bond donors (Lipinski definition) is 2. The highest BCUT2D eigenvalue weighted by Gasteiger charge is 2.20. The van der Waals surface area contributed by atoms with Gasteiger partial charge in [-0.25, -0.2) is 4.79 Å². The zero-order valence-electron chi connectivity index (χ0n) is 10.2. The van der Waals surface area contributed by atoms with Gasteiger partial charge < -0.3 is 20.5 Å². The van der Waals surface area contributed by atoms with Crippen LogP contribution in [0.1, 0.15) is 27.2 Å². The van der Waals surface area contributed by atoms with E-state index < -0.39 is 23.7 Å². The lowest BCUT2D eigenvalue weighted by molar-refractivity contribution is -0.141. The number of rotatable bonds is 4. The van der Waals surface area contributed by atoms with Crippen LogP contribution in [-0.4, -0.2) is 37.4 Å². The molecule has 3 N–H and O–H groups in total. The highest BCUT2D eigenvalue weighted by atomic mass is 16.6. The third-order valence-corrected chi connectivity index (χ3v) is 1.65. The van der Waals surface area contributed by atoms with Gasteiger partial charge in [-0.3, -0.25) is 4.79 Å². The Bertz CT molecular complexity index is 248. The van der Waals surface area contributed by atoms with Gasteiger partial charge >= 0.3 is 12.1 Å². The first-order valence-corrected chi connectivity index (χ1v) is 5.05. The van der Waals surface area contributed by atoms with Gasteiger partial charge in [-0.15, -0.1) is 0 Å². The molecular weight excluding hydrogens is 212 g/mol. The van der Waals surface area contributed by atoms with E-state index >= 15 is 0 Å². The van der Waals surface area contributed by atoms with E-state index in [9.17, 15) is 9.59 Å². The highest BCUT2D eigenvalue weighted by Crippen LogP contribution is 2.07. The van der Waals surface area contributed by atoms with E-state index in [2.05, 4.69) is 10.1 Å². The Morgan fingerprint density at radius 1 is 1.38 bits per heavy atom. The molecule has 0 saturated carbocycles. The molecule has 0 aliphatic rings. The van der Waals surface area contributed by atoms with E-state index in [4.69, 9.17) is 10.5 Å². The van der Waals surface area contributed by atoms with Crippen molar-refractivity contribution in [3.8, 4) is 0 Å². The van der Waals surface area contributed by atoms with Crippen LogP contribution in [0.3, 0.4) is 0 Å². The molecule has 1 unspecified atom stereocenters. The molecule has 0 aromatic heterocycles. The van der Waals surface area contributed by atoms with Crippen LogP contribution in [0, 0.1) is 0 Å². The summed E-state index contributed by atoms with van der Waals surface area (Å²) in [6.07, 6.45) is -0.557. The predicted molar refractivity (Wildman–Crippen MR) is 58.8 cm³/mol. The number of nitrogens with two attached hydrogens (primary N) is 1. The van der Waals surface area contributed by atoms with Crippen LogP contribution >= 0.6 is 0 Å². The normalized spacial score (nSPS) is 12.8. The van der Waals surface area contributed by atoms with E-state index in [1.807, 2.05) is 0 Å². The van der Waals surface area contributed by atoms with Crippen molar-refractivity contribution in [1.82, 2.24) is 5.32 Å². The third kappa shape index (κ3) is 7.05. The molecule has 6 heteroatoms. The Hall–Kier alpha value is -1.30. The average molecular weight is 232 g/mol. The van der Waals surface area contributed by atoms with Gasteiger partial charge in [0.05, 0.1) is 19.6 Å². The molecule has 0 aliphatic carbocycles. The Balaban J connectivity index is 4.12. The number of amides is 1. The van der Waals surface area contributed by atoms with Crippen molar-refractivity contribution in [2.45, 2.75) is 38.8 Å². The number of nitrogens with one attached hydrogen (secondary N) is 1. The quantitative estimate of drug-likeness (QED) is 0.685.